The van der Waals surface area contributed by atoms with E-state index in [0.717, 1.165) is 38.5 Å². The summed E-state index contributed by atoms with van der Waals surface area (Å²) in [5.41, 5.74) is 0. The average molecular weight is 757 g/mol. The van der Waals surface area contributed by atoms with Gasteiger partial charge in [0.25, 0.3) is 0 Å². The molecule has 9 nitrogen and oxygen atoms in total. The maximum atomic E-state index is 12.8. The van der Waals surface area contributed by atoms with Gasteiger partial charge in [0.2, 0.25) is 0 Å². The first-order valence-corrected chi connectivity index (χ1v) is 22.5. The van der Waals surface area contributed by atoms with E-state index in [1.54, 1.807) is 6.92 Å². The van der Waals surface area contributed by atoms with Crippen LogP contribution in [-0.4, -0.2) is 77.3 Å². The maximum absolute atomic E-state index is 12.8. The van der Waals surface area contributed by atoms with Gasteiger partial charge >= 0.3 is 11.9 Å². The van der Waals surface area contributed by atoms with Crippen LogP contribution in [0.4, 0.5) is 0 Å². The van der Waals surface area contributed by atoms with E-state index in [-0.39, 0.29) is 31.6 Å². The van der Waals surface area contributed by atoms with Crippen LogP contribution in [0.2, 0.25) is 0 Å². The molecule has 1 rings (SSSR count). The second kappa shape index (κ2) is 35.2. The molecule has 1 saturated heterocycles. The van der Waals surface area contributed by atoms with Crippen molar-refractivity contribution in [1.82, 2.24) is 0 Å². The fourth-order valence-electron chi connectivity index (χ4n) is 7.14. The lowest BCUT2D eigenvalue weighted by molar-refractivity contribution is -0.301. The molecule has 6 unspecified atom stereocenters. The predicted molar refractivity (Wildman–Crippen MR) is 214 cm³/mol. The Morgan fingerprint density at radius 3 is 1.26 bits per heavy atom. The number of carbonyl (C=O) groups excluding carboxylic acids is 2. The molecule has 9 heteroatoms. The fraction of sp³-hybridized carbons (Fsp3) is 0.955. The van der Waals surface area contributed by atoms with Gasteiger partial charge in [-0.2, -0.15) is 0 Å². The third-order valence-corrected chi connectivity index (χ3v) is 10.7. The lowest BCUT2D eigenvalue weighted by Gasteiger charge is -2.40. The Morgan fingerprint density at radius 2 is 0.868 bits per heavy atom. The van der Waals surface area contributed by atoms with E-state index in [1.807, 2.05) is 0 Å². The Balaban J connectivity index is 2.32. The van der Waals surface area contributed by atoms with Gasteiger partial charge in [-0.25, -0.2) is 0 Å². The molecule has 3 N–H and O–H groups in total. The van der Waals surface area contributed by atoms with E-state index < -0.39 is 36.8 Å². The van der Waals surface area contributed by atoms with Crippen molar-refractivity contribution in [3.63, 3.8) is 0 Å². The first-order valence-electron chi connectivity index (χ1n) is 22.5. The van der Waals surface area contributed by atoms with E-state index in [2.05, 4.69) is 13.8 Å². The van der Waals surface area contributed by atoms with Gasteiger partial charge in [-0.1, -0.05) is 188 Å². The summed E-state index contributed by atoms with van der Waals surface area (Å²) in [6.45, 7) is 5.97. The number of esters is 2. The summed E-state index contributed by atoms with van der Waals surface area (Å²) >= 11 is 0. The van der Waals surface area contributed by atoms with Crippen molar-refractivity contribution >= 4 is 11.9 Å². The lowest BCUT2D eigenvalue weighted by atomic mass is 9.97. The van der Waals surface area contributed by atoms with Crippen molar-refractivity contribution in [2.75, 3.05) is 13.2 Å². The summed E-state index contributed by atoms with van der Waals surface area (Å²) in [7, 11) is 0. The summed E-state index contributed by atoms with van der Waals surface area (Å²) in [6.07, 6.45) is 28.8. The van der Waals surface area contributed by atoms with E-state index >= 15 is 0 Å². The zero-order valence-electron chi connectivity index (χ0n) is 34.6. The molecule has 0 aromatic heterocycles. The van der Waals surface area contributed by atoms with Crippen molar-refractivity contribution in [3.05, 3.63) is 0 Å². The highest BCUT2D eigenvalue weighted by molar-refractivity contribution is 5.70. The van der Waals surface area contributed by atoms with Gasteiger partial charge in [-0.15, -0.1) is 0 Å². The molecule has 1 heterocycles. The second-order valence-electron chi connectivity index (χ2n) is 15.7. The quantitative estimate of drug-likeness (QED) is 0.0419. The summed E-state index contributed by atoms with van der Waals surface area (Å²) in [6, 6.07) is 0. The standard InChI is InChI=1S/C44H84O9/c1-4-7-9-11-13-15-17-19-20-22-24-26-28-30-32-34-40(46)52-37(36-51-44-43(49)42(48)41(47)38(6-3)53-44)35-50-39(45)33-31-29-27-25-23-21-18-16-14-12-10-8-5-2/h37-38,41-44,47-49H,4-36H2,1-3H3. The number of hydrogen-bond acceptors (Lipinski definition) is 9. The molecule has 0 aromatic carbocycles. The molecule has 0 spiro atoms. The molecule has 1 fully saturated rings. The van der Waals surface area contributed by atoms with Crippen LogP contribution < -0.4 is 0 Å². The van der Waals surface area contributed by atoms with Gasteiger partial charge in [0.15, 0.2) is 12.4 Å². The normalized spacial score (nSPS) is 20.8. The van der Waals surface area contributed by atoms with Gasteiger partial charge in [0.05, 0.1) is 12.7 Å². The predicted octanol–water partition coefficient (Wildman–Crippen LogP) is 10.4. The molecule has 1 aliphatic heterocycles. The molecule has 314 valence electrons. The zero-order valence-corrected chi connectivity index (χ0v) is 34.6. The summed E-state index contributed by atoms with van der Waals surface area (Å²) in [5.74, 6) is -0.720. The molecule has 0 aliphatic carbocycles. The smallest absolute Gasteiger partial charge is 0.306 e. The molecule has 1 aliphatic rings. The van der Waals surface area contributed by atoms with Crippen LogP contribution >= 0.6 is 0 Å². The molecule has 6 atom stereocenters. The van der Waals surface area contributed by atoms with Gasteiger partial charge in [-0.05, 0) is 19.3 Å². The number of ether oxygens (including phenoxy) is 4. The van der Waals surface area contributed by atoms with E-state index in [0.29, 0.717) is 12.8 Å². The Hall–Kier alpha value is -1.26. The minimum Gasteiger partial charge on any atom is -0.462 e. The van der Waals surface area contributed by atoms with Gasteiger partial charge < -0.3 is 34.3 Å². The van der Waals surface area contributed by atoms with Crippen molar-refractivity contribution in [3.8, 4) is 0 Å². The number of carbonyl (C=O) groups is 2. The topological polar surface area (TPSA) is 132 Å². The molecular weight excluding hydrogens is 672 g/mol. The van der Waals surface area contributed by atoms with Gasteiger partial charge in [0, 0.05) is 12.8 Å². The molecule has 0 aromatic rings. The Morgan fingerprint density at radius 1 is 0.491 bits per heavy atom. The number of hydrogen-bond donors (Lipinski definition) is 3. The minimum absolute atomic E-state index is 0.160. The zero-order chi connectivity index (χ0) is 38.8. The van der Waals surface area contributed by atoms with Crippen LogP contribution in [0.25, 0.3) is 0 Å². The van der Waals surface area contributed by atoms with Crippen molar-refractivity contribution < 1.29 is 43.9 Å². The van der Waals surface area contributed by atoms with Crippen LogP contribution in [0.1, 0.15) is 220 Å². The Labute approximate surface area is 325 Å². The van der Waals surface area contributed by atoms with Crippen LogP contribution in [0, 0.1) is 0 Å². The van der Waals surface area contributed by atoms with Crippen molar-refractivity contribution in [2.45, 2.75) is 257 Å². The van der Waals surface area contributed by atoms with E-state index in [4.69, 9.17) is 18.9 Å². The average Bonchev–Trinajstić information content (AvgIpc) is 3.15. The van der Waals surface area contributed by atoms with Crippen LogP contribution in [0.5, 0.6) is 0 Å². The van der Waals surface area contributed by atoms with Crippen molar-refractivity contribution in [1.29, 1.82) is 0 Å². The fourth-order valence-corrected chi connectivity index (χ4v) is 7.14. The molecule has 0 saturated carbocycles. The number of aliphatic hydroxyl groups excluding tert-OH is 3. The van der Waals surface area contributed by atoms with Crippen LogP contribution in [0.15, 0.2) is 0 Å². The van der Waals surface area contributed by atoms with Gasteiger partial charge in [0.1, 0.15) is 24.9 Å². The first-order chi connectivity index (χ1) is 25.8. The Kier molecular flexibility index (Phi) is 33.0. The SMILES string of the molecule is CCCCCCCCCCCCCCCCCC(=O)OC(COC(=O)CCCCCCCCCCCCCCC)COC1OC(CC)C(O)C(O)C1O. The lowest BCUT2D eigenvalue weighted by Crippen LogP contribution is -2.58. The summed E-state index contributed by atoms with van der Waals surface area (Å²) in [4.78, 5) is 25.3. The van der Waals surface area contributed by atoms with E-state index in [1.165, 1.54) is 141 Å². The molecular formula is C44H84O9. The Bertz CT molecular complexity index is 838. The summed E-state index contributed by atoms with van der Waals surface area (Å²) in [5, 5.41) is 30.9. The largest absolute Gasteiger partial charge is 0.462 e. The van der Waals surface area contributed by atoms with E-state index in [9.17, 15) is 24.9 Å². The maximum Gasteiger partial charge on any atom is 0.306 e. The molecule has 0 bridgehead atoms. The third-order valence-electron chi connectivity index (χ3n) is 10.7. The molecule has 53 heavy (non-hydrogen) atoms. The number of aliphatic hydroxyl groups is 3. The summed E-state index contributed by atoms with van der Waals surface area (Å²) < 4.78 is 22.6. The minimum atomic E-state index is -1.47. The highest BCUT2D eigenvalue weighted by Gasteiger charge is 2.43. The second-order valence-corrected chi connectivity index (χ2v) is 15.7. The highest BCUT2D eigenvalue weighted by Crippen LogP contribution is 2.24. The van der Waals surface area contributed by atoms with Gasteiger partial charge in [-0.3, -0.25) is 9.59 Å². The van der Waals surface area contributed by atoms with Crippen LogP contribution in [-0.2, 0) is 28.5 Å². The first kappa shape index (κ1) is 49.8. The highest BCUT2D eigenvalue weighted by atomic mass is 16.7. The monoisotopic (exact) mass is 757 g/mol. The van der Waals surface area contributed by atoms with Crippen LogP contribution in [0.3, 0.4) is 0 Å². The number of rotatable bonds is 37. The third kappa shape index (κ3) is 27.1. The van der Waals surface area contributed by atoms with Crippen molar-refractivity contribution in [2.24, 2.45) is 0 Å². The molecule has 0 radical (unpaired) electrons. The number of unbranched alkanes of at least 4 members (excludes halogenated alkanes) is 26. The molecule has 0 amide bonds.